The third-order valence-electron chi connectivity index (χ3n) is 9.20. The second kappa shape index (κ2) is 13.6. The van der Waals surface area contributed by atoms with Gasteiger partial charge in [-0.05, 0) is 56.7 Å². The fourth-order valence-electron chi connectivity index (χ4n) is 5.15. The lowest BCUT2D eigenvalue weighted by Crippen LogP contribution is -2.54. The molecule has 0 unspecified atom stereocenters. The summed E-state index contributed by atoms with van der Waals surface area (Å²) in [5.74, 6) is 2.65. The van der Waals surface area contributed by atoms with Crippen LogP contribution >= 0.6 is 0 Å². The molecule has 2 fully saturated rings. The largest absolute Gasteiger partial charge is 0.401 e. The first kappa shape index (κ1) is 33.3. The Bertz CT molecular complexity index is 853. The molecule has 5 nitrogen and oxygen atoms in total. The van der Waals surface area contributed by atoms with Crippen LogP contribution in [-0.2, 0) is 13.9 Å². The second-order valence-corrected chi connectivity index (χ2v) is 18.2. The van der Waals surface area contributed by atoms with Crippen LogP contribution < -0.4 is 0 Å². The molecule has 6 heteroatoms. The molecule has 0 aromatic heterocycles. The molecule has 2 aliphatic rings. The van der Waals surface area contributed by atoms with Crippen molar-refractivity contribution in [1.29, 1.82) is 0 Å². The number of allylic oxidation sites excluding steroid dienone is 2. The SMILES string of the molecule is C#C[C@H](O[Si](C)(C)C(C)(C)C)[C@@]1(CCCC)CC[C@]2(CC[C@H](C)[C@@H](C/C=C(C)/C=C/[C@H](O)[C@@H](C)CO)O2)O1. The molecule has 2 heterocycles. The first-order chi connectivity index (χ1) is 17.6. The number of hydrogen-bond donors (Lipinski definition) is 2. The summed E-state index contributed by atoms with van der Waals surface area (Å²) in [6, 6.07) is 0. The van der Waals surface area contributed by atoms with Crippen LogP contribution in [0.3, 0.4) is 0 Å². The third-order valence-corrected chi connectivity index (χ3v) is 13.6. The Morgan fingerprint density at radius 3 is 2.53 bits per heavy atom. The van der Waals surface area contributed by atoms with Crippen LogP contribution in [0.5, 0.6) is 0 Å². The van der Waals surface area contributed by atoms with Gasteiger partial charge in [0.05, 0.1) is 12.2 Å². The van der Waals surface area contributed by atoms with Gasteiger partial charge in [0.2, 0.25) is 0 Å². The molecule has 0 saturated carbocycles. The molecule has 0 amide bonds. The zero-order chi connectivity index (χ0) is 28.8. The lowest BCUT2D eigenvalue weighted by atomic mass is 9.86. The molecule has 0 radical (unpaired) electrons. The molecule has 0 aliphatic carbocycles. The van der Waals surface area contributed by atoms with Crippen molar-refractivity contribution in [3.8, 4) is 12.3 Å². The number of ether oxygens (including phenoxy) is 2. The quantitative estimate of drug-likeness (QED) is 0.154. The maximum Gasteiger partial charge on any atom is 0.193 e. The van der Waals surface area contributed by atoms with E-state index < -0.39 is 25.8 Å². The fraction of sp³-hybridized carbons (Fsp3) is 0.812. The number of aliphatic hydroxyl groups is 2. The molecule has 0 bridgehead atoms. The Morgan fingerprint density at radius 1 is 1.26 bits per heavy atom. The summed E-state index contributed by atoms with van der Waals surface area (Å²) in [7, 11) is -2.09. The van der Waals surface area contributed by atoms with Gasteiger partial charge in [-0.25, -0.2) is 0 Å². The van der Waals surface area contributed by atoms with E-state index in [1.54, 1.807) is 6.08 Å². The van der Waals surface area contributed by atoms with Crippen LogP contribution in [0.25, 0.3) is 0 Å². The summed E-state index contributed by atoms with van der Waals surface area (Å²) in [5, 5.41) is 19.4. The predicted octanol–water partition coefficient (Wildman–Crippen LogP) is 7.14. The summed E-state index contributed by atoms with van der Waals surface area (Å²) in [6.07, 6.45) is 18.5. The monoisotopic (exact) mass is 548 g/mol. The third kappa shape index (κ3) is 8.28. The number of hydrogen-bond acceptors (Lipinski definition) is 5. The van der Waals surface area contributed by atoms with Crippen molar-refractivity contribution in [2.45, 2.75) is 148 Å². The predicted molar refractivity (Wildman–Crippen MR) is 159 cm³/mol. The van der Waals surface area contributed by atoms with Crippen molar-refractivity contribution in [2.24, 2.45) is 11.8 Å². The van der Waals surface area contributed by atoms with Crippen LogP contribution in [-0.4, -0.2) is 54.8 Å². The Balaban J connectivity index is 2.20. The van der Waals surface area contributed by atoms with Crippen molar-refractivity contribution in [3.05, 3.63) is 23.8 Å². The first-order valence-corrected chi connectivity index (χ1v) is 17.7. The summed E-state index contributed by atoms with van der Waals surface area (Å²) in [6.45, 7) is 19.6. The van der Waals surface area contributed by atoms with E-state index in [2.05, 4.69) is 59.7 Å². The van der Waals surface area contributed by atoms with Crippen LogP contribution in [0.4, 0.5) is 0 Å². The number of unbranched alkanes of at least 4 members (excludes halogenated alkanes) is 1. The summed E-state index contributed by atoms with van der Waals surface area (Å²) in [4.78, 5) is 0. The number of rotatable bonds is 12. The lowest BCUT2D eigenvalue weighted by molar-refractivity contribution is -0.306. The highest BCUT2D eigenvalue weighted by Crippen LogP contribution is 2.51. The Labute approximate surface area is 234 Å². The van der Waals surface area contributed by atoms with Gasteiger partial charge in [0.25, 0.3) is 0 Å². The Hall–Kier alpha value is -0.943. The highest BCUT2D eigenvalue weighted by molar-refractivity contribution is 6.74. The fourth-order valence-corrected chi connectivity index (χ4v) is 6.37. The van der Waals surface area contributed by atoms with Gasteiger partial charge in [-0.1, -0.05) is 84.1 Å². The number of aliphatic hydroxyl groups excluding tert-OH is 2. The molecule has 7 atom stereocenters. The summed E-state index contributed by atoms with van der Waals surface area (Å²) in [5.41, 5.74) is 0.559. The zero-order valence-corrected chi connectivity index (χ0v) is 26.7. The van der Waals surface area contributed by atoms with Crippen LogP contribution in [0.2, 0.25) is 18.1 Å². The van der Waals surface area contributed by atoms with Crippen molar-refractivity contribution in [1.82, 2.24) is 0 Å². The normalized spacial score (nSPS) is 31.5. The molecule has 1 spiro atoms. The topological polar surface area (TPSA) is 68.2 Å². The van der Waals surface area contributed by atoms with Gasteiger partial charge in [0.1, 0.15) is 11.7 Å². The van der Waals surface area contributed by atoms with E-state index in [0.29, 0.717) is 5.92 Å². The highest BCUT2D eigenvalue weighted by Gasteiger charge is 2.57. The molecular weight excluding hydrogens is 492 g/mol. The molecule has 2 aliphatic heterocycles. The maximum absolute atomic E-state index is 10.1. The minimum Gasteiger partial charge on any atom is -0.401 e. The molecule has 38 heavy (non-hydrogen) atoms. The van der Waals surface area contributed by atoms with Gasteiger partial charge in [-0.3, -0.25) is 0 Å². The Kier molecular flexibility index (Phi) is 11.9. The standard InChI is InChI=1S/C32H56O5Si/c1-11-13-19-31(29(12-2)36-38(9,10)30(6,7)8)21-22-32(37-31)20-18-25(4)28(35-32)17-15-24(3)14-16-27(34)26(5)23-33/h2,14-16,25-29,33-34H,11,13,17-23H2,1,3-10H3/b16-14+,24-15+/t25-,26-,27-,28+,29-,31+,32-/m0/s1. The molecule has 2 rings (SSSR count). The van der Waals surface area contributed by atoms with Gasteiger partial charge in [-0.15, -0.1) is 6.42 Å². The van der Waals surface area contributed by atoms with Gasteiger partial charge < -0.3 is 24.1 Å². The van der Waals surface area contributed by atoms with E-state index in [1.807, 2.05) is 19.9 Å². The first-order valence-electron chi connectivity index (χ1n) is 14.8. The van der Waals surface area contributed by atoms with E-state index in [4.69, 9.17) is 20.3 Å². The van der Waals surface area contributed by atoms with E-state index in [-0.39, 0.29) is 29.8 Å². The van der Waals surface area contributed by atoms with Crippen molar-refractivity contribution >= 4 is 8.32 Å². The van der Waals surface area contributed by atoms with Crippen molar-refractivity contribution in [2.75, 3.05) is 6.61 Å². The van der Waals surface area contributed by atoms with Gasteiger partial charge in [-0.2, -0.15) is 0 Å². The molecule has 2 N–H and O–H groups in total. The molecule has 2 saturated heterocycles. The van der Waals surface area contributed by atoms with E-state index in [1.165, 1.54) is 0 Å². The van der Waals surface area contributed by atoms with E-state index >= 15 is 0 Å². The van der Waals surface area contributed by atoms with Gasteiger partial charge in [0, 0.05) is 25.4 Å². The van der Waals surface area contributed by atoms with E-state index in [0.717, 1.165) is 56.9 Å². The van der Waals surface area contributed by atoms with Crippen LogP contribution in [0.1, 0.15) is 99.8 Å². The van der Waals surface area contributed by atoms with Crippen molar-refractivity contribution < 1.29 is 24.1 Å². The zero-order valence-electron chi connectivity index (χ0n) is 25.7. The van der Waals surface area contributed by atoms with Gasteiger partial charge in [0.15, 0.2) is 14.1 Å². The second-order valence-electron chi connectivity index (χ2n) is 13.5. The van der Waals surface area contributed by atoms with Gasteiger partial charge >= 0.3 is 0 Å². The van der Waals surface area contributed by atoms with Crippen molar-refractivity contribution in [3.63, 3.8) is 0 Å². The highest BCUT2D eigenvalue weighted by atomic mass is 28.4. The smallest absolute Gasteiger partial charge is 0.193 e. The molecule has 0 aromatic carbocycles. The summed E-state index contributed by atoms with van der Waals surface area (Å²) < 4.78 is 20.7. The summed E-state index contributed by atoms with van der Waals surface area (Å²) >= 11 is 0. The molecule has 218 valence electrons. The van der Waals surface area contributed by atoms with Crippen LogP contribution in [0.15, 0.2) is 23.8 Å². The minimum absolute atomic E-state index is 0.0367. The Morgan fingerprint density at radius 2 is 1.95 bits per heavy atom. The maximum atomic E-state index is 10.1. The average molecular weight is 549 g/mol. The molecule has 0 aromatic rings. The lowest BCUT2D eigenvalue weighted by Gasteiger charge is -2.46. The number of terminal acetylenes is 1. The molecular formula is C32H56O5Si. The minimum atomic E-state index is -2.09. The van der Waals surface area contributed by atoms with Crippen LogP contribution in [0, 0.1) is 24.2 Å². The average Bonchev–Trinajstić information content (AvgIpc) is 3.22. The van der Waals surface area contributed by atoms with E-state index in [9.17, 15) is 10.2 Å².